The molecule has 1 aromatic heterocycles. The zero-order valence-corrected chi connectivity index (χ0v) is 9.92. The number of hydrogen-bond acceptors (Lipinski definition) is 3. The predicted molar refractivity (Wildman–Crippen MR) is 65.5 cm³/mol. The highest BCUT2D eigenvalue weighted by molar-refractivity contribution is 6.00. The second-order valence-corrected chi connectivity index (χ2v) is 4.26. The van der Waals surface area contributed by atoms with Gasteiger partial charge in [-0.25, -0.2) is 4.98 Å². The molecule has 2 aromatic rings. The van der Waals surface area contributed by atoms with Gasteiger partial charge in [-0.2, -0.15) is 0 Å². The number of nitrogens with two attached hydrogens (primary N) is 1. The van der Waals surface area contributed by atoms with Gasteiger partial charge in [-0.3, -0.25) is 4.79 Å². The Labute approximate surface area is 100 Å². The Balaban J connectivity index is 2.40. The largest absolute Gasteiger partial charge is 0.332 e. The number of hydrogen-bond donors (Lipinski definition) is 1. The van der Waals surface area contributed by atoms with E-state index in [4.69, 9.17) is 5.73 Å². The molecule has 0 saturated carbocycles. The summed E-state index contributed by atoms with van der Waals surface area (Å²) >= 11 is 0. The minimum atomic E-state index is -1.06. The van der Waals surface area contributed by atoms with Crippen LogP contribution in [0.15, 0.2) is 42.7 Å². The number of aromatic nitrogens is 2. The molecule has 1 heterocycles. The monoisotopic (exact) mass is 229 g/mol. The minimum absolute atomic E-state index is 0.184. The Morgan fingerprint density at radius 3 is 2.53 bits per heavy atom. The highest BCUT2D eigenvalue weighted by Crippen LogP contribution is 2.21. The van der Waals surface area contributed by atoms with Gasteiger partial charge in [0.05, 0.1) is 0 Å². The summed E-state index contributed by atoms with van der Waals surface area (Å²) in [4.78, 5) is 16.4. The summed E-state index contributed by atoms with van der Waals surface area (Å²) in [5, 5.41) is 0. The second kappa shape index (κ2) is 4.14. The summed E-state index contributed by atoms with van der Waals surface area (Å²) in [5.41, 5.74) is 5.87. The van der Waals surface area contributed by atoms with Crippen LogP contribution in [-0.4, -0.2) is 15.3 Å². The molecule has 0 aliphatic rings. The Bertz CT molecular complexity index is 529. The molecule has 1 atom stereocenters. The van der Waals surface area contributed by atoms with Gasteiger partial charge in [0, 0.05) is 19.4 Å². The van der Waals surface area contributed by atoms with Crippen molar-refractivity contribution in [2.45, 2.75) is 12.5 Å². The molecular weight excluding hydrogens is 214 g/mol. The van der Waals surface area contributed by atoms with Crippen molar-refractivity contribution in [1.82, 2.24) is 9.55 Å². The fourth-order valence-electron chi connectivity index (χ4n) is 1.73. The third kappa shape index (κ3) is 1.99. The van der Waals surface area contributed by atoms with Crippen LogP contribution >= 0.6 is 0 Å². The number of rotatable bonds is 3. The molecule has 4 heteroatoms. The molecule has 2 N–H and O–H groups in total. The number of carbonyl (C=O) groups is 1. The Morgan fingerprint density at radius 2 is 2.00 bits per heavy atom. The lowest BCUT2D eigenvalue weighted by Crippen LogP contribution is -2.43. The summed E-state index contributed by atoms with van der Waals surface area (Å²) in [6, 6.07) is 9.32. The first-order valence-corrected chi connectivity index (χ1v) is 5.40. The summed E-state index contributed by atoms with van der Waals surface area (Å²) in [5.74, 6) is 0.190. The van der Waals surface area contributed by atoms with Crippen LogP contribution in [0.25, 0.3) is 0 Å². The maximum Gasteiger partial charge on any atom is 0.222 e. The first-order chi connectivity index (χ1) is 8.03. The van der Waals surface area contributed by atoms with Crippen molar-refractivity contribution >= 4 is 5.78 Å². The molecular formula is C13H15N3O. The fourth-order valence-corrected chi connectivity index (χ4v) is 1.73. The molecule has 0 aliphatic heterocycles. The quantitative estimate of drug-likeness (QED) is 0.811. The maximum atomic E-state index is 12.3. The van der Waals surface area contributed by atoms with Crippen molar-refractivity contribution in [2.75, 3.05) is 0 Å². The average Bonchev–Trinajstić information content (AvgIpc) is 2.75. The van der Waals surface area contributed by atoms with Crippen molar-refractivity contribution in [2.24, 2.45) is 12.8 Å². The van der Waals surface area contributed by atoms with E-state index in [1.165, 1.54) is 0 Å². The van der Waals surface area contributed by atoms with Gasteiger partial charge in [0.1, 0.15) is 5.54 Å². The van der Waals surface area contributed by atoms with Gasteiger partial charge < -0.3 is 10.3 Å². The Hall–Kier alpha value is -1.94. The first-order valence-electron chi connectivity index (χ1n) is 5.40. The SMILES string of the molecule is Cn1ccnc1C(=O)C(C)(N)c1ccccc1. The van der Waals surface area contributed by atoms with Crippen LogP contribution in [0.1, 0.15) is 23.1 Å². The third-order valence-electron chi connectivity index (χ3n) is 2.87. The van der Waals surface area contributed by atoms with E-state index in [1.807, 2.05) is 30.3 Å². The van der Waals surface area contributed by atoms with Crippen molar-refractivity contribution in [3.8, 4) is 0 Å². The summed E-state index contributed by atoms with van der Waals surface area (Å²) in [7, 11) is 1.78. The Kier molecular flexibility index (Phi) is 2.81. The van der Waals surface area contributed by atoms with Crippen molar-refractivity contribution in [3.05, 3.63) is 54.1 Å². The molecule has 0 aliphatic carbocycles. The van der Waals surface area contributed by atoms with Gasteiger partial charge in [0.2, 0.25) is 5.78 Å². The molecule has 0 bridgehead atoms. The lowest BCUT2D eigenvalue weighted by molar-refractivity contribution is 0.0886. The predicted octanol–water partition coefficient (Wildman–Crippen LogP) is 1.48. The number of nitrogens with zero attached hydrogens (tertiary/aromatic N) is 2. The topological polar surface area (TPSA) is 60.9 Å². The highest BCUT2D eigenvalue weighted by atomic mass is 16.1. The number of benzene rings is 1. The van der Waals surface area contributed by atoms with Gasteiger partial charge >= 0.3 is 0 Å². The zero-order chi connectivity index (χ0) is 12.5. The van der Waals surface area contributed by atoms with Crippen LogP contribution in [0.5, 0.6) is 0 Å². The lowest BCUT2D eigenvalue weighted by Gasteiger charge is -2.23. The lowest BCUT2D eigenvalue weighted by atomic mass is 9.88. The number of aryl methyl sites for hydroxylation is 1. The summed E-state index contributed by atoms with van der Waals surface area (Å²) in [6.07, 6.45) is 3.32. The molecule has 2 rings (SSSR count). The number of carbonyl (C=O) groups excluding carboxylic acids is 1. The smallest absolute Gasteiger partial charge is 0.222 e. The van der Waals surface area contributed by atoms with Crippen LogP contribution in [0.3, 0.4) is 0 Å². The van der Waals surface area contributed by atoms with E-state index < -0.39 is 5.54 Å². The normalized spacial score (nSPS) is 14.3. The van der Waals surface area contributed by atoms with E-state index in [1.54, 1.807) is 30.9 Å². The second-order valence-electron chi connectivity index (χ2n) is 4.26. The molecule has 0 amide bonds. The number of imidazole rings is 1. The molecule has 0 fully saturated rings. The van der Waals surface area contributed by atoms with Gasteiger partial charge in [0.15, 0.2) is 5.82 Å². The summed E-state index contributed by atoms with van der Waals surface area (Å²) < 4.78 is 1.68. The highest BCUT2D eigenvalue weighted by Gasteiger charge is 2.33. The number of Topliss-reactive ketones (excluding diaryl/α,β-unsaturated/α-hetero) is 1. The molecule has 4 nitrogen and oxygen atoms in total. The van der Waals surface area contributed by atoms with Crippen LogP contribution < -0.4 is 5.73 Å². The minimum Gasteiger partial charge on any atom is -0.332 e. The standard InChI is InChI=1S/C13H15N3O/c1-13(14,10-6-4-3-5-7-10)11(17)12-15-8-9-16(12)2/h3-9H,14H2,1-2H3. The molecule has 0 saturated heterocycles. The van der Waals surface area contributed by atoms with Gasteiger partial charge in [-0.05, 0) is 12.5 Å². The van der Waals surface area contributed by atoms with Crippen LogP contribution in [0.2, 0.25) is 0 Å². The molecule has 0 radical (unpaired) electrons. The summed E-state index contributed by atoms with van der Waals surface area (Å²) in [6.45, 7) is 1.71. The van der Waals surface area contributed by atoms with E-state index in [9.17, 15) is 4.79 Å². The number of ketones is 1. The van der Waals surface area contributed by atoms with E-state index in [2.05, 4.69) is 4.98 Å². The maximum absolute atomic E-state index is 12.3. The van der Waals surface area contributed by atoms with Crippen LogP contribution in [0.4, 0.5) is 0 Å². The van der Waals surface area contributed by atoms with E-state index >= 15 is 0 Å². The van der Waals surface area contributed by atoms with Crippen molar-refractivity contribution < 1.29 is 4.79 Å². The fraction of sp³-hybridized carbons (Fsp3) is 0.231. The average molecular weight is 229 g/mol. The van der Waals surface area contributed by atoms with Crippen molar-refractivity contribution in [3.63, 3.8) is 0 Å². The van der Waals surface area contributed by atoms with Crippen molar-refractivity contribution in [1.29, 1.82) is 0 Å². The van der Waals surface area contributed by atoms with Crippen LogP contribution in [-0.2, 0) is 12.6 Å². The molecule has 1 unspecified atom stereocenters. The van der Waals surface area contributed by atoms with Gasteiger partial charge in [0.25, 0.3) is 0 Å². The Morgan fingerprint density at radius 1 is 1.35 bits per heavy atom. The van der Waals surface area contributed by atoms with Crippen LogP contribution in [0, 0.1) is 0 Å². The van der Waals surface area contributed by atoms with E-state index in [-0.39, 0.29) is 5.78 Å². The van der Waals surface area contributed by atoms with Gasteiger partial charge in [-0.1, -0.05) is 30.3 Å². The molecule has 17 heavy (non-hydrogen) atoms. The van der Waals surface area contributed by atoms with Gasteiger partial charge in [-0.15, -0.1) is 0 Å². The van der Waals surface area contributed by atoms with E-state index in [0.29, 0.717) is 5.82 Å². The molecule has 1 aromatic carbocycles. The van der Waals surface area contributed by atoms with E-state index in [0.717, 1.165) is 5.56 Å². The third-order valence-corrected chi connectivity index (χ3v) is 2.87. The molecule has 0 spiro atoms. The first kappa shape index (κ1) is 11.5. The molecule has 88 valence electrons. The zero-order valence-electron chi connectivity index (χ0n) is 9.92.